The van der Waals surface area contributed by atoms with Gasteiger partial charge in [0.1, 0.15) is 35.2 Å². The van der Waals surface area contributed by atoms with Crippen molar-refractivity contribution in [3.05, 3.63) is 154 Å². The zero-order valence-electron chi connectivity index (χ0n) is 31.9. The van der Waals surface area contributed by atoms with E-state index in [0.717, 1.165) is 28.2 Å². The molecule has 3 atom stereocenters. The lowest BCUT2D eigenvalue weighted by Gasteiger charge is -2.40. The number of hydrogen-bond donors (Lipinski definition) is 1. The first-order valence-corrected chi connectivity index (χ1v) is 21.0. The number of nitrogens with one attached hydrogen (secondary N) is 1. The van der Waals surface area contributed by atoms with Gasteiger partial charge in [-0.05, 0) is 77.3 Å². The predicted molar refractivity (Wildman–Crippen MR) is 212 cm³/mol. The quantitative estimate of drug-likeness (QED) is 0.0949. The Hall–Kier alpha value is -5.07. The highest BCUT2D eigenvalue weighted by atomic mass is 28.4. The molecule has 1 aliphatic rings. The van der Waals surface area contributed by atoms with Crippen molar-refractivity contribution in [2.45, 2.75) is 69.4 Å². The molecular formula is C43H49N3O7Si. The lowest BCUT2D eigenvalue weighted by Crippen LogP contribution is -2.46. The van der Waals surface area contributed by atoms with E-state index in [1.54, 1.807) is 50.7 Å². The van der Waals surface area contributed by atoms with Gasteiger partial charge in [0, 0.05) is 18.2 Å². The van der Waals surface area contributed by atoms with E-state index in [-0.39, 0.29) is 23.4 Å². The SMILES string of the molecule is COc1ccc(C(O[C@H]2C[C@@H](n3ccc(NC(=O)c4ccccc4)nc3=O)O[C@@H]2CO[Si](C)(C)C(C)(C)C)(c2ccccc2)c2ccc(OC)cc2)cc1. The molecule has 54 heavy (non-hydrogen) atoms. The number of aromatic nitrogens is 2. The second kappa shape index (κ2) is 16.1. The molecule has 4 aromatic carbocycles. The molecule has 0 bridgehead atoms. The molecule has 1 aromatic heterocycles. The first-order chi connectivity index (χ1) is 25.8. The van der Waals surface area contributed by atoms with Crippen molar-refractivity contribution in [2.75, 3.05) is 26.1 Å². The van der Waals surface area contributed by atoms with Crippen LogP contribution in [0.4, 0.5) is 5.82 Å². The monoisotopic (exact) mass is 747 g/mol. The van der Waals surface area contributed by atoms with Crippen LogP contribution in [-0.4, -0.2) is 56.8 Å². The fraction of sp³-hybridized carbons (Fsp3) is 0.326. The van der Waals surface area contributed by atoms with E-state index in [0.29, 0.717) is 12.0 Å². The molecule has 10 nitrogen and oxygen atoms in total. The molecule has 1 saturated heterocycles. The van der Waals surface area contributed by atoms with Gasteiger partial charge in [-0.2, -0.15) is 4.98 Å². The lowest BCUT2D eigenvalue weighted by molar-refractivity contribution is -0.0977. The maximum Gasteiger partial charge on any atom is 0.351 e. The Kier molecular flexibility index (Phi) is 11.5. The molecule has 0 spiro atoms. The Labute approximate surface area is 318 Å². The average molecular weight is 748 g/mol. The molecule has 11 heteroatoms. The Morgan fingerprint density at radius 2 is 1.35 bits per heavy atom. The normalized spacial score (nSPS) is 17.6. The van der Waals surface area contributed by atoms with Gasteiger partial charge in [-0.3, -0.25) is 9.36 Å². The summed E-state index contributed by atoms with van der Waals surface area (Å²) < 4.78 is 33.6. The number of carbonyl (C=O) groups is 1. The van der Waals surface area contributed by atoms with Gasteiger partial charge >= 0.3 is 5.69 Å². The molecule has 5 aromatic rings. The van der Waals surface area contributed by atoms with E-state index in [2.05, 4.69) is 56.3 Å². The molecule has 0 radical (unpaired) electrons. The molecule has 2 heterocycles. The fourth-order valence-electron chi connectivity index (χ4n) is 6.39. The maximum absolute atomic E-state index is 13.6. The van der Waals surface area contributed by atoms with Crippen LogP contribution >= 0.6 is 0 Å². The summed E-state index contributed by atoms with van der Waals surface area (Å²) in [6.45, 7) is 11.3. The number of amides is 1. The van der Waals surface area contributed by atoms with Crippen LogP contribution in [0.3, 0.4) is 0 Å². The standard InChI is InChI=1S/C43H49N3O7Si/c1-42(2,3)54(6,7)51-29-37-36(28-39(52-37)46-27-26-38(45-41(46)48)44-40(47)30-14-10-8-11-15-30)53-43(31-16-12-9-13-17-31,32-18-22-34(49-4)23-19-32)33-20-24-35(50-5)25-21-33/h8-27,36-37,39H,28-29H2,1-7H3,(H,44,45,47,48)/t36-,37+,39-/m0/s1. The van der Waals surface area contributed by atoms with Gasteiger partial charge in [-0.15, -0.1) is 0 Å². The molecule has 1 amide bonds. The Balaban J connectivity index is 1.41. The summed E-state index contributed by atoms with van der Waals surface area (Å²) in [4.78, 5) is 30.6. The van der Waals surface area contributed by atoms with Crippen molar-refractivity contribution in [3.8, 4) is 11.5 Å². The van der Waals surface area contributed by atoms with Gasteiger partial charge in [0.2, 0.25) is 0 Å². The minimum Gasteiger partial charge on any atom is -0.497 e. The predicted octanol–water partition coefficient (Wildman–Crippen LogP) is 8.20. The molecule has 0 saturated carbocycles. The largest absolute Gasteiger partial charge is 0.497 e. The summed E-state index contributed by atoms with van der Waals surface area (Å²) in [5.41, 5.74) is 1.45. The van der Waals surface area contributed by atoms with E-state index < -0.39 is 38.0 Å². The third-order valence-corrected chi connectivity index (χ3v) is 15.0. The van der Waals surface area contributed by atoms with E-state index in [1.807, 2.05) is 72.8 Å². The average Bonchev–Trinajstić information content (AvgIpc) is 3.58. The zero-order valence-corrected chi connectivity index (χ0v) is 32.9. The van der Waals surface area contributed by atoms with E-state index >= 15 is 0 Å². The van der Waals surface area contributed by atoms with Crippen LogP contribution in [-0.2, 0) is 19.5 Å². The van der Waals surface area contributed by atoms with Crippen LogP contribution in [0.1, 0.15) is 60.5 Å². The number of ether oxygens (including phenoxy) is 4. The van der Waals surface area contributed by atoms with E-state index in [9.17, 15) is 9.59 Å². The molecule has 0 unspecified atom stereocenters. The van der Waals surface area contributed by atoms with Crippen LogP contribution in [0.25, 0.3) is 0 Å². The van der Waals surface area contributed by atoms with Crippen molar-refractivity contribution in [1.82, 2.24) is 9.55 Å². The minimum atomic E-state index is -2.22. The van der Waals surface area contributed by atoms with Crippen LogP contribution in [0.2, 0.25) is 18.1 Å². The number of methoxy groups -OCH3 is 2. The smallest absolute Gasteiger partial charge is 0.351 e. The molecule has 0 aliphatic carbocycles. The lowest BCUT2D eigenvalue weighted by atomic mass is 9.79. The first-order valence-electron chi connectivity index (χ1n) is 18.1. The third-order valence-electron chi connectivity index (χ3n) is 10.5. The van der Waals surface area contributed by atoms with Crippen molar-refractivity contribution in [2.24, 2.45) is 0 Å². The minimum absolute atomic E-state index is 0.0395. The molecular weight excluding hydrogens is 699 g/mol. The highest BCUT2D eigenvalue weighted by Crippen LogP contribution is 2.46. The Morgan fingerprint density at radius 3 is 1.87 bits per heavy atom. The van der Waals surface area contributed by atoms with Crippen LogP contribution in [0, 0.1) is 0 Å². The summed E-state index contributed by atoms with van der Waals surface area (Å²) in [5, 5.41) is 2.69. The summed E-state index contributed by atoms with van der Waals surface area (Å²) in [5.74, 6) is 1.23. The molecule has 282 valence electrons. The summed E-state index contributed by atoms with van der Waals surface area (Å²) in [7, 11) is 1.06. The number of rotatable bonds is 13. The second-order valence-electron chi connectivity index (χ2n) is 14.9. The van der Waals surface area contributed by atoms with Gasteiger partial charge in [0.05, 0.1) is 26.9 Å². The number of anilines is 1. The van der Waals surface area contributed by atoms with Gasteiger partial charge in [-0.1, -0.05) is 93.6 Å². The van der Waals surface area contributed by atoms with Crippen molar-refractivity contribution < 1.29 is 28.2 Å². The maximum atomic E-state index is 13.6. The summed E-state index contributed by atoms with van der Waals surface area (Å²) in [6.07, 6.45) is 0.110. The molecule has 6 rings (SSSR count). The van der Waals surface area contributed by atoms with Gasteiger partial charge < -0.3 is 28.7 Å². The van der Waals surface area contributed by atoms with Gasteiger partial charge in [-0.25, -0.2) is 4.79 Å². The Morgan fingerprint density at radius 1 is 0.815 bits per heavy atom. The third kappa shape index (κ3) is 8.19. The van der Waals surface area contributed by atoms with Crippen molar-refractivity contribution in [1.29, 1.82) is 0 Å². The summed E-state index contributed by atoms with van der Waals surface area (Å²) >= 11 is 0. The molecule has 1 fully saturated rings. The first kappa shape index (κ1) is 38.6. The highest BCUT2D eigenvalue weighted by Gasteiger charge is 2.47. The number of nitrogens with zero attached hydrogens (tertiary/aromatic N) is 2. The van der Waals surface area contributed by atoms with Crippen molar-refractivity contribution in [3.63, 3.8) is 0 Å². The van der Waals surface area contributed by atoms with Gasteiger partial charge in [0.25, 0.3) is 5.91 Å². The second-order valence-corrected chi connectivity index (χ2v) is 19.7. The van der Waals surface area contributed by atoms with Gasteiger partial charge in [0.15, 0.2) is 8.32 Å². The molecule has 1 aliphatic heterocycles. The van der Waals surface area contributed by atoms with E-state index in [1.165, 1.54) is 4.57 Å². The number of carbonyl (C=O) groups excluding carboxylic acids is 1. The Bertz CT molecular complexity index is 2020. The topological polar surface area (TPSA) is 110 Å². The van der Waals surface area contributed by atoms with Crippen LogP contribution in [0.5, 0.6) is 11.5 Å². The number of hydrogen-bond acceptors (Lipinski definition) is 8. The molecule has 1 N–H and O–H groups in total. The number of benzene rings is 4. The highest BCUT2D eigenvalue weighted by molar-refractivity contribution is 6.74. The van der Waals surface area contributed by atoms with Crippen LogP contribution in [0.15, 0.2) is 126 Å². The van der Waals surface area contributed by atoms with Crippen LogP contribution < -0.4 is 20.5 Å². The fourth-order valence-corrected chi connectivity index (χ4v) is 7.40. The summed E-state index contributed by atoms with van der Waals surface area (Å²) in [6, 6.07) is 36.2. The van der Waals surface area contributed by atoms with E-state index in [4.69, 9.17) is 23.4 Å². The van der Waals surface area contributed by atoms with Crippen molar-refractivity contribution >= 4 is 20.0 Å². The zero-order chi connectivity index (χ0) is 38.5.